The molecule has 3 rings (SSSR count). The number of rotatable bonds is 3. The number of benzene rings is 2. The van der Waals surface area contributed by atoms with Crippen molar-refractivity contribution in [3.05, 3.63) is 48.5 Å². The van der Waals surface area contributed by atoms with Crippen LogP contribution in [0.1, 0.15) is 0 Å². The fourth-order valence-corrected chi connectivity index (χ4v) is 2.66. The van der Waals surface area contributed by atoms with Crippen molar-refractivity contribution in [2.45, 2.75) is 9.79 Å². The summed E-state index contributed by atoms with van der Waals surface area (Å²) < 4.78 is 0. The van der Waals surface area contributed by atoms with Gasteiger partial charge in [-0.05, 0) is 30.3 Å². The van der Waals surface area contributed by atoms with Gasteiger partial charge in [0.15, 0.2) is 6.19 Å². The lowest BCUT2D eigenvalue weighted by Gasteiger charge is -2.00. The second-order valence-electron chi connectivity index (χ2n) is 3.92. The highest BCUT2D eigenvalue weighted by Crippen LogP contribution is 2.29. The van der Waals surface area contributed by atoms with Crippen molar-refractivity contribution >= 4 is 28.7 Å². The van der Waals surface area contributed by atoms with Gasteiger partial charge in [0.2, 0.25) is 5.95 Å². The smallest absolute Gasteiger partial charge is 0.214 e. The van der Waals surface area contributed by atoms with Crippen molar-refractivity contribution in [3.8, 4) is 6.19 Å². The van der Waals surface area contributed by atoms with Gasteiger partial charge in [0.05, 0.1) is 11.0 Å². The molecule has 0 aliphatic rings. The first-order valence-corrected chi connectivity index (χ1v) is 6.54. The Hall–Kier alpha value is -2.45. The third kappa shape index (κ3) is 2.54. The topological polar surface area (TPSA) is 64.5 Å². The number of imidazole rings is 1. The molecule has 0 aliphatic carbocycles. The van der Waals surface area contributed by atoms with E-state index in [2.05, 4.69) is 27.4 Å². The van der Waals surface area contributed by atoms with E-state index in [-0.39, 0.29) is 0 Å². The minimum absolute atomic E-state index is 0.472. The summed E-state index contributed by atoms with van der Waals surface area (Å²) in [6.45, 7) is 0. The highest BCUT2D eigenvalue weighted by atomic mass is 32.2. The molecule has 1 aromatic heterocycles. The van der Waals surface area contributed by atoms with Crippen molar-refractivity contribution < 1.29 is 0 Å². The van der Waals surface area contributed by atoms with E-state index in [9.17, 15) is 0 Å². The van der Waals surface area contributed by atoms with Gasteiger partial charge in [-0.25, -0.2) is 4.98 Å². The molecule has 0 saturated carbocycles. The monoisotopic (exact) mass is 266 g/mol. The minimum Gasteiger partial charge on any atom is -0.323 e. The highest BCUT2D eigenvalue weighted by molar-refractivity contribution is 7.99. The number of aromatic nitrogens is 2. The van der Waals surface area contributed by atoms with Crippen LogP contribution in [0, 0.1) is 11.5 Å². The number of nitrogens with zero attached hydrogens (tertiary/aromatic N) is 2. The van der Waals surface area contributed by atoms with Gasteiger partial charge in [0.25, 0.3) is 0 Å². The Morgan fingerprint density at radius 1 is 1.11 bits per heavy atom. The SMILES string of the molecule is N#CNc1nc2cc(Sc3ccccc3)ccc2[nH]1. The van der Waals surface area contributed by atoms with Crippen LogP contribution >= 0.6 is 11.8 Å². The summed E-state index contributed by atoms with van der Waals surface area (Å²) >= 11 is 1.69. The highest BCUT2D eigenvalue weighted by Gasteiger charge is 2.04. The zero-order chi connectivity index (χ0) is 13.1. The third-order valence-corrected chi connectivity index (χ3v) is 3.61. The number of H-pyrrole nitrogens is 1. The van der Waals surface area contributed by atoms with Crippen LogP contribution in [0.15, 0.2) is 58.3 Å². The molecule has 0 spiro atoms. The lowest BCUT2D eigenvalue weighted by Crippen LogP contribution is -1.87. The normalized spacial score (nSPS) is 10.3. The van der Waals surface area contributed by atoms with Crippen LogP contribution in [0.4, 0.5) is 5.95 Å². The minimum atomic E-state index is 0.472. The molecule has 0 radical (unpaired) electrons. The number of hydrogen-bond donors (Lipinski definition) is 2. The van der Waals surface area contributed by atoms with Gasteiger partial charge in [0.1, 0.15) is 0 Å². The third-order valence-electron chi connectivity index (χ3n) is 2.61. The largest absolute Gasteiger partial charge is 0.323 e. The Balaban J connectivity index is 1.91. The van der Waals surface area contributed by atoms with Crippen molar-refractivity contribution in [2.75, 3.05) is 5.32 Å². The van der Waals surface area contributed by atoms with E-state index in [0.717, 1.165) is 15.9 Å². The van der Waals surface area contributed by atoms with Crippen LogP contribution in [-0.4, -0.2) is 9.97 Å². The maximum Gasteiger partial charge on any atom is 0.214 e. The average Bonchev–Trinajstić information content (AvgIpc) is 2.82. The van der Waals surface area contributed by atoms with E-state index in [1.54, 1.807) is 11.8 Å². The summed E-state index contributed by atoms with van der Waals surface area (Å²) in [6, 6.07) is 16.2. The van der Waals surface area contributed by atoms with Crippen LogP contribution < -0.4 is 5.32 Å². The molecule has 2 aromatic carbocycles. The number of anilines is 1. The number of nitriles is 1. The van der Waals surface area contributed by atoms with E-state index in [1.807, 2.05) is 42.6 Å². The molecule has 0 bridgehead atoms. The molecule has 92 valence electrons. The van der Waals surface area contributed by atoms with Crippen LogP contribution in [0.5, 0.6) is 0 Å². The molecule has 0 fully saturated rings. The standard InChI is InChI=1S/C14H10N4S/c15-9-16-14-17-12-7-6-11(8-13(12)18-14)19-10-4-2-1-3-5-10/h1-8H,(H2,16,17,18). The van der Waals surface area contributed by atoms with Crippen molar-refractivity contribution in [1.82, 2.24) is 9.97 Å². The predicted molar refractivity (Wildman–Crippen MR) is 75.9 cm³/mol. The van der Waals surface area contributed by atoms with E-state index >= 15 is 0 Å². The lowest BCUT2D eigenvalue weighted by molar-refractivity contribution is 1.30. The Morgan fingerprint density at radius 3 is 2.74 bits per heavy atom. The molecule has 0 atom stereocenters. The molecule has 0 amide bonds. The predicted octanol–water partition coefficient (Wildman–Crippen LogP) is 3.61. The van der Waals surface area contributed by atoms with Crippen molar-refractivity contribution in [2.24, 2.45) is 0 Å². The first kappa shape index (κ1) is 11.6. The zero-order valence-corrected chi connectivity index (χ0v) is 10.7. The van der Waals surface area contributed by atoms with E-state index in [4.69, 9.17) is 5.26 Å². The van der Waals surface area contributed by atoms with Gasteiger partial charge in [0, 0.05) is 9.79 Å². The molecule has 0 unspecified atom stereocenters. The summed E-state index contributed by atoms with van der Waals surface area (Å²) in [4.78, 5) is 9.64. The average molecular weight is 266 g/mol. The quantitative estimate of drug-likeness (QED) is 0.561. The van der Waals surface area contributed by atoms with Gasteiger partial charge in [-0.2, -0.15) is 5.26 Å². The molecule has 4 nitrogen and oxygen atoms in total. The number of hydrogen-bond acceptors (Lipinski definition) is 4. The van der Waals surface area contributed by atoms with Gasteiger partial charge in [-0.3, -0.25) is 5.32 Å². The Bertz CT molecular complexity index is 743. The van der Waals surface area contributed by atoms with Crippen LogP contribution in [-0.2, 0) is 0 Å². The molecule has 5 heteroatoms. The second kappa shape index (κ2) is 5.04. The molecule has 0 saturated heterocycles. The van der Waals surface area contributed by atoms with Crippen molar-refractivity contribution in [3.63, 3.8) is 0 Å². The fourth-order valence-electron chi connectivity index (χ4n) is 1.79. The number of aromatic amines is 1. The summed E-state index contributed by atoms with van der Waals surface area (Å²) in [6.07, 6.45) is 1.85. The van der Waals surface area contributed by atoms with Gasteiger partial charge in [-0.1, -0.05) is 30.0 Å². The molecule has 2 N–H and O–H groups in total. The number of fused-ring (bicyclic) bond motifs is 1. The van der Waals surface area contributed by atoms with E-state index in [0.29, 0.717) is 5.95 Å². The first-order valence-electron chi connectivity index (χ1n) is 5.73. The van der Waals surface area contributed by atoms with E-state index in [1.165, 1.54) is 4.90 Å². The summed E-state index contributed by atoms with van der Waals surface area (Å²) in [7, 11) is 0. The zero-order valence-electron chi connectivity index (χ0n) is 9.92. The van der Waals surface area contributed by atoms with Crippen LogP contribution in [0.2, 0.25) is 0 Å². The van der Waals surface area contributed by atoms with Gasteiger partial charge >= 0.3 is 0 Å². The summed E-state index contributed by atoms with van der Waals surface area (Å²) in [5.41, 5.74) is 1.76. The summed E-state index contributed by atoms with van der Waals surface area (Å²) in [5.74, 6) is 0.472. The van der Waals surface area contributed by atoms with Gasteiger partial charge < -0.3 is 4.98 Å². The summed E-state index contributed by atoms with van der Waals surface area (Å²) in [5, 5.41) is 11.1. The Kier molecular flexibility index (Phi) is 3.09. The molecule has 1 heterocycles. The maximum absolute atomic E-state index is 8.57. The first-order chi connectivity index (χ1) is 9.35. The molecule has 3 aromatic rings. The van der Waals surface area contributed by atoms with Crippen molar-refractivity contribution in [1.29, 1.82) is 5.26 Å². The van der Waals surface area contributed by atoms with E-state index < -0.39 is 0 Å². The fraction of sp³-hybridized carbons (Fsp3) is 0. The molecular formula is C14H10N4S. The molecular weight excluding hydrogens is 256 g/mol. The second-order valence-corrected chi connectivity index (χ2v) is 5.06. The number of nitrogens with one attached hydrogen (secondary N) is 2. The van der Waals surface area contributed by atoms with Crippen LogP contribution in [0.25, 0.3) is 11.0 Å². The lowest BCUT2D eigenvalue weighted by atomic mass is 10.3. The molecule has 0 aliphatic heterocycles. The Labute approximate surface area is 114 Å². The maximum atomic E-state index is 8.57. The molecule has 19 heavy (non-hydrogen) atoms. The van der Waals surface area contributed by atoms with Gasteiger partial charge in [-0.15, -0.1) is 0 Å². The van der Waals surface area contributed by atoms with Crippen LogP contribution in [0.3, 0.4) is 0 Å². The Morgan fingerprint density at radius 2 is 1.95 bits per heavy atom.